The number of piperidine rings is 1. The van der Waals surface area contributed by atoms with Gasteiger partial charge in [-0.2, -0.15) is 5.10 Å². The van der Waals surface area contributed by atoms with E-state index in [1.54, 1.807) is 10.9 Å². The molecule has 1 N–H and O–H groups in total. The molecule has 2 aliphatic rings. The van der Waals surface area contributed by atoms with Crippen LogP contribution in [0.1, 0.15) is 49.8 Å². The minimum atomic E-state index is -0.530. The molecule has 3 aromatic rings. The van der Waals surface area contributed by atoms with Gasteiger partial charge in [0, 0.05) is 37.2 Å². The van der Waals surface area contributed by atoms with Crippen molar-refractivity contribution in [1.29, 1.82) is 0 Å². The van der Waals surface area contributed by atoms with Crippen LogP contribution in [-0.2, 0) is 14.3 Å². The van der Waals surface area contributed by atoms with E-state index in [-0.39, 0.29) is 24.1 Å². The molecule has 1 aliphatic carbocycles. The second kappa shape index (κ2) is 10.4. The summed E-state index contributed by atoms with van der Waals surface area (Å²) in [6, 6.07) is 17.7. The molecule has 0 bridgehead atoms. The highest BCUT2D eigenvalue weighted by molar-refractivity contribution is 5.85. The summed E-state index contributed by atoms with van der Waals surface area (Å²) in [5.41, 5.74) is 3.72. The van der Waals surface area contributed by atoms with Crippen LogP contribution in [0.5, 0.6) is 0 Å². The monoisotopic (exact) mass is 488 g/mol. The molecule has 1 amide bonds. The van der Waals surface area contributed by atoms with Gasteiger partial charge in [-0.05, 0) is 56.5 Å². The lowest BCUT2D eigenvalue weighted by Gasteiger charge is -2.33. The van der Waals surface area contributed by atoms with Gasteiger partial charge in [0.15, 0.2) is 0 Å². The molecule has 36 heavy (non-hydrogen) atoms. The number of carbonyl (C=O) groups excluding carboxylic acids is 2. The van der Waals surface area contributed by atoms with Gasteiger partial charge < -0.3 is 14.4 Å². The molecule has 1 aliphatic heterocycles. The molecular weight excluding hydrogens is 456 g/mol. The largest absolute Gasteiger partial charge is 0.462 e. The quantitative estimate of drug-likeness (QED) is 0.448. The number of carbonyl (C=O) groups is 2. The number of nitrogens with one attached hydrogen (secondary N) is 1. The molecule has 0 spiro atoms. The summed E-state index contributed by atoms with van der Waals surface area (Å²) in [5.74, 6) is 0.705. The number of benzene rings is 2. The van der Waals surface area contributed by atoms with Crippen LogP contribution in [0.4, 0.5) is 16.3 Å². The topological polar surface area (TPSA) is 85.7 Å². The second-order valence-electron chi connectivity index (χ2n) is 9.59. The average Bonchev–Trinajstić information content (AvgIpc) is 3.69. The van der Waals surface area contributed by atoms with E-state index in [0.29, 0.717) is 5.82 Å². The van der Waals surface area contributed by atoms with Gasteiger partial charge in [0.25, 0.3) is 0 Å². The summed E-state index contributed by atoms with van der Waals surface area (Å²) in [7, 11) is 0. The van der Waals surface area contributed by atoms with Crippen molar-refractivity contribution in [3.8, 4) is 5.69 Å². The first-order chi connectivity index (χ1) is 17.5. The van der Waals surface area contributed by atoms with Crippen molar-refractivity contribution < 1.29 is 19.1 Å². The van der Waals surface area contributed by atoms with Gasteiger partial charge in [0.1, 0.15) is 18.0 Å². The molecule has 2 fully saturated rings. The van der Waals surface area contributed by atoms with Crippen LogP contribution in [0.25, 0.3) is 5.69 Å². The Morgan fingerprint density at radius 2 is 1.64 bits per heavy atom. The normalized spacial score (nSPS) is 16.9. The number of esters is 1. The van der Waals surface area contributed by atoms with Crippen molar-refractivity contribution >= 4 is 23.6 Å². The van der Waals surface area contributed by atoms with Crippen molar-refractivity contribution in [3.63, 3.8) is 0 Å². The standard InChI is InChI=1S/C28H32N4O4/c1-19-18-29-32(26(19)30-28(34)35-20(2)21-6-4-3-5-7-21)24-12-10-23(11-13-24)31-16-14-25(15-17-31)36-27(33)22-8-9-22/h3-7,10-13,18,20,22,25H,8-9,14-17H2,1-2H3,(H,30,34). The zero-order chi connectivity index (χ0) is 25.1. The Hall–Kier alpha value is -3.81. The number of aromatic nitrogens is 2. The van der Waals surface area contributed by atoms with Gasteiger partial charge in [-0.25, -0.2) is 9.48 Å². The fraction of sp³-hybridized carbons (Fsp3) is 0.393. The Kier molecular flexibility index (Phi) is 6.93. The maximum atomic E-state index is 12.6. The summed E-state index contributed by atoms with van der Waals surface area (Å²) in [6.45, 7) is 5.44. The Morgan fingerprint density at radius 3 is 2.31 bits per heavy atom. The fourth-order valence-electron chi connectivity index (χ4n) is 4.47. The summed E-state index contributed by atoms with van der Waals surface area (Å²) >= 11 is 0. The number of nitrogens with zero attached hydrogens (tertiary/aromatic N) is 3. The number of aryl methyl sites for hydroxylation is 1. The molecule has 1 atom stereocenters. The molecular formula is C28H32N4O4. The van der Waals surface area contributed by atoms with Crippen LogP contribution in [0.15, 0.2) is 60.8 Å². The predicted molar refractivity (Wildman–Crippen MR) is 137 cm³/mol. The highest BCUT2D eigenvalue weighted by Gasteiger charge is 2.33. The van der Waals surface area contributed by atoms with E-state index in [1.807, 2.05) is 56.3 Å². The molecule has 0 radical (unpaired) electrons. The minimum Gasteiger partial charge on any atom is -0.462 e. The SMILES string of the molecule is Cc1cnn(-c2ccc(N3CCC(OC(=O)C4CC4)CC3)cc2)c1NC(=O)OC(C)c1ccccc1. The Labute approximate surface area is 211 Å². The van der Waals surface area contributed by atoms with Crippen LogP contribution in [-0.4, -0.2) is 41.0 Å². The number of hydrogen-bond donors (Lipinski definition) is 1. The Bertz CT molecular complexity index is 1200. The third-order valence-corrected chi connectivity index (χ3v) is 6.82. The van der Waals surface area contributed by atoms with E-state index < -0.39 is 6.09 Å². The lowest BCUT2D eigenvalue weighted by atomic mass is 10.1. The lowest BCUT2D eigenvalue weighted by molar-refractivity contribution is -0.151. The predicted octanol–water partition coefficient (Wildman–Crippen LogP) is 5.41. The van der Waals surface area contributed by atoms with Crippen molar-refractivity contribution in [3.05, 3.63) is 71.9 Å². The van der Waals surface area contributed by atoms with E-state index >= 15 is 0 Å². The first-order valence-corrected chi connectivity index (χ1v) is 12.6. The highest BCUT2D eigenvalue weighted by atomic mass is 16.6. The molecule has 1 saturated carbocycles. The zero-order valence-corrected chi connectivity index (χ0v) is 20.7. The minimum absolute atomic E-state index is 0.0184. The smallest absolute Gasteiger partial charge is 0.413 e. The first kappa shape index (κ1) is 23.9. The van der Waals surface area contributed by atoms with Crippen LogP contribution < -0.4 is 10.2 Å². The number of hydrogen-bond acceptors (Lipinski definition) is 6. The van der Waals surface area contributed by atoms with Crippen LogP contribution >= 0.6 is 0 Å². The molecule has 2 aromatic carbocycles. The van der Waals surface area contributed by atoms with E-state index in [4.69, 9.17) is 9.47 Å². The third-order valence-electron chi connectivity index (χ3n) is 6.82. The van der Waals surface area contributed by atoms with E-state index in [1.165, 1.54) is 0 Å². The lowest BCUT2D eigenvalue weighted by Crippen LogP contribution is -2.38. The number of amides is 1. The number of ether oxygens (including phenoxy) is 2. The van der Waals surface area contributed by atoms with E-state index in [0.717, 1.165) is 61.3 Å². The van der Waals surface area contributed by atoms with E-state index in [2.05, 4.69) is 27.4 Å². The fourth-order valence-corrected chi connectivity index (χ4v) is 4.47. The van der Waals surface area contributed by atoms with Crippen LogP contribution in [0.2, 0.25) is 0 Å². The maximum absolute atomic E-state index is 12.6. The zero-order valence-electron chi connectivity index (χ0n) is 20.7. The molecule has 1 saturated heterocycles. The van der Waals surface area contributed by atoms with Gasteiger partial charge >= 0.3 is 12.1 Å². The number of anilines is 2. The summed E-state index contributed by atoms with van der Waals surface area (Å²) in [5, 5.41) is 7.32. The van der Waals surface area contributed by atoms with Gasteiger partial charge in [-0.3, -0.25) is 10.1 Å². The molecule has 8 heteroatoms. The number of rotatable bonds is 7. The molecule has 1 aromatic heterocycles. The molecule has 8 nitrogen and oxygen atoms in total. The van der Waals surface area contributed by atoms with Gasteiger partial charge in [-0.1, -0.05) is 30.3 Å². The molecule has 1 unspecified atom stereocenters. The first-order valence-electron chi connectivity index (χ1n) is 12.6. The Morgan fingerprint density at radius 1 is 0.972 bits per heavy atom. The molecule has 5 rings (SSSR count). The van der Waals surface area contributed by atoms with Crippen molar-refractivity contribution in [2.45, 2.75) is 51.7 Å². The highest BCUT2D eigenvalue weighted by Crippen LogP contribution is 2.32. The third kappa shape index (κ3) is 5.53. The average molecular weight is 489 g/mol. The molecule has 188 valence electrons. The van der Waals surface area contributed by atoms with Gasteiger partial charge in [0.2, 0.25) is 0 Å². The van der Waals surface area contributed by atoms with Crippen molar-refractivity contribution in [2.75, 3.05) is 23.3 Å². The van der Waals surface area contributed by atoms with Gasteiger partial charge in [-0.15, -0.1) is 0 Å². The summed E-state index contributed by atoms with van der Waals surface area (Å²) < 4.78 is 12.9. The van der Waals surface area contributed by atoms with Crippen molar-refractivity contribution in [1.82, 2.24) is 9.78 Å². The summed E-state index contributed by atoms with van der Waals surface area (Å²) in [6.07, 6.45) is 4.49. The van der Waals surface area contributed by atoms with Crippen LogP contribution in [0, 0.1) is 12.8 Å². The van der Waals surface area contributed by atoms with Crippen molar-refractivity contribution in [2.24, 2.45) is 5.92 Å². The summed E-state index contributed by atoms with van der Waals surface area (Å²) in [4.78, 5) is 26.9. The van der Waals surface area contributed by atoms with E-state index in [9.17, 15) is 9.59 Å². The Balaban J connectivity index is 1.19. The van der Waals surface area contributed by atoms with Gasteiger partial charge in [0.05, 0.1) is 17.8 Å². The maximum Gasteiger partial charge on any atom is 0.413 e. The van der Waals surface area contributed by atoms with Crippen LogP contribution in [0.3, 0.4) is 0 Å². The molecule has 2 heterocycles. The second-order valence-corrected chi connectivity index (χ2v) is 9.59.